The highest BCUT2D eigenvalue weighted by Crippen LogP contribution is 2.20. The molecule has 0 radical (unpaired) electrons. The third-order valence-corrected chi connectivity index (χ3v) is 2.17. The Bertz CT molecular complexity index is 494. The summed E-state index contributed by atoms with van der Waals surface area (Å²) >= 11 is 0. The van der Waals surface area contributed by atoms with Gasteiger partial charge in [0.2, 0.25) is 5.91 Å². The highest BCUT2D eigenvalue weighted by molar-refractivity contribution is 5.89. The molecule has 2 aromatic rings. The van der Waals surface area contributed by atoms with E-state index in [1.54, 1.807) is 12.4 Å². The minimum absolute atomic E-state index is 0.0907. The van der Waals surface area contributed by atoms with Crippen LogP contribution in [0.2, 0.25) is 0 Å². The van der Waals surface area contributed by atoms with Gasteiger partial charge in [-0.3, -0.25) is 9.78 Å². The molecular formula is C13H12N2O. The van der Waals surface area contributed by atoms with Crippen molar-refractivity contribution in [1.82, 2.24) is 4.98 Å². The molecule has 1 aromatic heterocycles. The van der Waals surface area contributed by atoms with Gasteiger partial charge < -0.3 is 5.32 Å². The molecule has 1 heterocycles. The summed E-state index contributed by atoms with van der Waals surface area (Å²) in [4.78, 5) is 15.0. The first-order chi connectivity index (χ1) is 7.75. The van der Waals surface area contributed by atoms with E-state index >= 15 is 0 Å². The van der Waals surface area contributed by atoms with Gasteiger partial charge in [-0.05, 0) is 11.6 Å². The van der Waals surface area contributed by atoms with Crippen molar-refractivity contribution in [2.75, 3.05) is 5.32 Å². The predicted molar refractivity (Wildman–Crippen MR) is 64.0 cm³/mol. The molecule has 3 heteroatoms. The van der Waals surface area contributed by atoms with Gasteiger partial charge in [-0.25, -0.2) is 0 Å². The number of amides is 1. The van der Waals surface area contributed by atoms with Crippen molar-refractivity contribution in [3.63, 3.8) is 0 Å². The number of anilines is 1. The number of carbonyl (C=O) groups is 1. The van der Waals surface area contributed by atoms with Crippen molar-refractivity contribution in [3.8, 4) is 11.1 Å². The van der Waals surface area contributed by atoms with Gasteiger partial charge in [-0.2, -0.15) is 0 Å². The van der Waals surface area contributed by atoms with Gasteiger partial charge in [-0.1, -0.05) is 30.3 Å². The number of carbonyl (C=O) groups excluding carboxylic acids is 1. The smallest absolute Gasteiger partial charge is 0.221 e. The van der Waals surface area contributed by atoms with Gasteiger partial charge in [0.15, 0.2) is 0 Å². The second-order valence-corrected chi connectivity index (χ2v) is 3.51. The van der Waals surface area contributed by atoms with E-state index in [4.69, 9.17) is 0 Å². The SMILES string of the molecule is CC(=O)Nc1cncc(-c2ccccc2)c1. The molecule has 0 aliphatic carbocycles. The van der Waals surface area contributed by atoms with Crippen LogP contribution in [0.5, 0.6) is 0 Å². The zero-order chi connectivity index (χ0) is 11.4. The molecule has 0 fully saturated rings. The summed E-state index contributed by atoms with van der Waals surface area (Å²) in [7, 11) is 0. The molecule has 80 valence electrons. The van der Waals surface area contributed by atoms with Crippen LogP contribution in [0, 0.1) is 0 Å². The minimum atomic E-state index is -0.0907. The summed E-state index contributed by atoms with van der Waals surface area (Å²) in [6.45, 7) is 1.48. The Balaban J connectivity index is 2.33. The van der Waals surface area contributed by atoms with Crippen molar-refractivity contribution in [3.05, 3.63) is 48.8 Å². The van der Waals surface area contributed by atoms with Crippen LogP contribution in [0.25, 0.3) is 11.1 Å². The fraction of sp³-hybridized carbons (Fsp3) is 0.0769. The summed E-state index contributed by atoms with van der Waals surface area (Å²) < 4.78 is 0. The van der Waals surface area contributed by atoms with E-state index in [1.807, 2.05) is 36.4 Å². The van der Waals surface area contributed by atoms with Crippen LogP contribution in [0.1, 0.15) is 6.92 Å². The highest BCUT2D eigenvalue weighted by Gasteiger charge is 2.00. The Kier molecular flexibility index (Phi) is 2.96. The number of rotatable bonds is 2. The van der Waals surface area contributed by atoms with E-state index in [0.717, 1.165) is 11.1 Å². The third-order valence-electron chi connectivity index (χ3n) is 2.17. The van der Waals surface area contributed by atoms with Crippen LogP contribution in [-0.4, -0.2) is 10.9 Å². The molecule has 0 spiro atoms. The summed E-state index contributed by atoms with van der Waals surface area (Å²) in [6, 6.07) is 11.8. The van der Waals surface area contributed by atoms with Crippen molar-refractivity contribution < 1.29 is 4.79 Å². The first kappa shape index (κ1) is 10.4. The second kappa shape index (κ2) is 4.57. The molecule has 0 bridgehead atoms. The lowest BCUT2D eigenvalue weighted by Gasteiger charge is -2.04. The van der Waals surface area contributed by atoms with Crippen LogP contribution in [0.3, 0.4) is 0 Å². The summed E-state index contributed by atoms with van der Waals surface area (Å²) in [5.41, 5.74) is 2.79. The molecule has 0 saturated carbocycles. The van der Waals surface area contributed by atoms with Gasteiger partial charge in [0.1, 0.15) is 0 Å². The lowest BCUT2D eigenvalue weighted by atomic mass is 10.1. The quantitative estimate of drug-likeness (QED) is 0.831. The molecule has 1 N–H and O–H groups in total. The summed E-state index contributed by atoms with van der Waals surface area (Å²) in [6.07, 6.45) is 3.41. The van der Waals surface area contributed by atoms with Crippen molar-refractivity contribution in [2.45, 2.75) is 6.92 Å². The molecule has 1 amide bonds. The molecule has 3 nitrogen and oxygen atoms in total. The van der Waals surface area contributed by atoms with E-state index in [9.17, 15) is 4.79 Å². The third kappa shape index (κ3) is 2.45. The average molecular weight is 212 g/mol. The molecule has 0 aliphatic rings. The topological polar surface area (TPSA) is 42.0 Å². The Hall–Kier alpha value is -2.16. The molecule has 1 aromatic carbocycles. The fourth-order valence-corrected chi connectivity index (χ4v) is 1.50. The van der Waals surface area contributed by atoms with Crippen LogP contribution in [0.4, 0.5) is 5.69 Å². The maximum absolute atomic E-state index is 10.9. The zero-order valence-corrected chi connectivity index (χ0v) is 8.97. The molecule has 2 rings (SSSR count). The maximum atomic E-state index is 10.9. The van der Waals surface area contributed by atoms with Gasteiger partial charge >= 0.3 is 0 Å². The van der Waals surface area contributed by atoms with E-state index < -0.39 is 0 Å². The molecular weight excluding hydrogens is 200 g/mol. The Labute approximate surface area is 94.1 Å². The van der Waals surface area contributed by atoms with Gasteiger partial charge in [-0.15, -0.1) is 0 Å². The summed E-state index contributed by atoms with van der Waals surface area (Å²) in [5, 5.41) is 2.71. The Morgan fingerprint density at radius 3 is 2.56 bits per heavy atom. The molecule has 0 atom stereocenters. The van der Waals surface area contributed by atoms with E-state index in [0.29, 0.717) is 5.69 Å². The predicted octanol–water partition coefficient (Wildman–Crippen LogP) is 2.71. The zero-order valence-electron chi connectivity index (χ0n) is 8.97. The fourth-order valence-electron chi connectivity index (χ4n) is 1.50. The van der Waals surface area contributed by atoms with Gasteiger partial charge in [0, 0.05) is 18.7 Å². The number of nitrogens with zero attached hydrogens (tertiary/aromatic N) is 1. The average Bonchev–Trinajstić information content (AvgIpc) is 2.30. The van der Waals surface area contributed by atoms with Crippen molar-refractivity contribution in [1.29, 1.82) is 0 Å². The molecule has 16 heavy (non-hydrogen) atoms. The van der Waals surface area contributed by atoms with Crippen molar-refractivity contribution in [2.24, 2.45) is 0 Å². The number of nitrogens with one attached hydrogen (secondary N) is 1. The van der Waals surface area contributed by atoms with Crippen molar-refractivity contribution >= 4 is 11.6 Å². The van der Waals surface area contributed by atoms with E-state index in [1.165, 1.54) is 6.92 Å². The molecule has 0 aliphatic heterocycles. The second-order valence-electron chi connectivity index (χ2n) is 3.51. The standard InChI is InChI=1S/C13H12N2O/c1-10(16)15-13-7-12(8-14-9-13)11-5-3-2-4-6-11/h2-9H,1H3,(H,15,16). The van der Waals surface area contributed by atoms with Crippen LogP contribution in [-0.2, 0) is 4.79 Å². The minimum Gasteiger partial charge on any atom is -0.325 e. The van der Waals surface area contributed by atoms with E-state index in [2.05, 4.69) is 10.3 Å². The van der Waals surface area contributed by atoms with Crippen LogP contribution >= 0.6 is 0 Å². The number of aromatic nitrogens is 1. The van der Waals surface area contributed by atoms with E-state index in [-0.39, 0.29) is 5.91 Å². The largest absolute Gasteiger partial charge is 0.325 e. The molecule has 0 unspecified atom stereocenters. The number of pyridine rings is 1. The Morgan fingerprint density at radius 2 is 1.88 bits per heavy atom. The highest BCUT2D eigenvalue weighted by atomic mass is 16.1. The first-order valence-electron chi connectivity index (χ1n) is 5.04. The monoisotopic (exact) mass is 212 g/mol. The lowest BCUT2D eigenvalue weighted by molar-refractivity contribution is -0.114. The van der Waals surface area contributed by atoms with Gasteiger partial charge in [0.25, 0.3) is 0 Å². The van der Waals surface area contributed by atoms with Crippen LogP contribution < -0.4 is 5.32 Å². The first-order valence-corrected chi connectivity index (χ1v) is 5.04. The maximum Gasteiger partial charge on any atom is 0.221 e. The Morgan fingerprint density at radius 1 is 1.12 bits per heavy atom. The number of benzene rings is 1. The molecule has 0 saturated heterocycles. The van der Waals surface area contributed by atoms with Gasteiger partial charge in [0.05, 0.1) is 11.9 Å². The van der Waals surface area contributed by atoms with Crippen LogP contribution in [0.15, 0.2) is 48.8 Å². The normalized spacial score (nSPS) is 9.81. The number of hydrogen-bond acceptors (Lipinski definition) is 2. The summed E-state index contributed by atoms with van der Waals surface area (Å²) in [5.74, 6) is -0.0907. The lowest BCUT2D eigenvalue weighted by Crippen LogP contribution is -2.05. The number of hydrogen-bond donors (Lipinski definition) is 1.